The number of fused-ring (bicyclic) bond motifs is 1. The Hall–Kier alpha value is -2.99. The number of rotatable bonds is 5. The van der Waals surface area contributed by atoms with E-state index in [-0.39, 0.29) is 11.9 Å². The van der Waals surface area contributed by atoms with Crippen LogP contribution in [0.15, 0.2) is 48.8 Å². The van der Waals surface area contributed by atoms with Crippen LogP contribution in [0.2, 0.25) is 0 Å². The predicted molar refractivity (Wildman–Crippen MR) is 99.5 cm³/mol. The largest absolute Gasteiger partial charge is 0.361 e. The highest BCUT2D eigenvalue weighted by Crippen LogP contribution is 2.26. The zero-order valence-electron chi connectivity index (χ0n) is 14.3. The summed E-state index contributed by atoms with van der Waals surface area (Å²) in [7, 11) is 1.60. The second-order valence-electron chi connectivity index (χ2n) is 5.85. The molecule has 0 aliphatic rings. The maximum absolute atomic E-state index is 12.1. The highest BCUT2D eigenvalue weighted by atomic mass is 16.1. The number of hydrogen-bond donors (Lipinski definition) is 3. The molecule has 128 valence electrons. The zero-order chi connectivity index (χ0) is 17.8. The summed E-state index contributed by atoms with van der Waals surface area (Å²) in [5.74, 6) is 0.482. The third kappa shape index (κ3) is 3.44. The molecule has 1 aromatic heterocycles. The Morgan fingerprint density at radius 1 is 1.16 bits per heavy atom. The topological polar surface area (TPSA) is 92.9 Å². The van der Waals surface area contributed by atoms with E-state index in [1.165, 1.54) is 11.9 Å². The molecule has 1 atom stereocenters. The molecule has 1 heterocycles. The highest BCUT2D eigenvalue weighted by Gasteiger charge is 2.15. The summed E-state index contributed by atoms with van der Waals surface area (Å²) < 4.78 is 0. The Labute approximate surface area is 146 Å². The monoisotopic (exact) mass is 335 g/mol. The quantitative estimate of drug-likeness (QED) is 0.666. The summed E-state index contributed by atoms with van der Waals surface area (Å²) in [4.78, 5) is 20.7. The Kier molecular flexibility index (Phi) is 4.90. The molecule has 0 fully saturated rings. The number of amides is 1. The fraction of sp³-hybridized carbons (Fsp3) is 0.211. The van der Waals surface area contributed by atoms with Crippen LogP contribution < -0.4 is 16.4 Å². The van der Waals surface area contributed by atoms with Gasteiger partial charge >= 0.3 is 0 Å². The number of anilines is 1. The lowest BCUT2D eigenvalue weighted by Crippen LogP contribution is -2.22. The molecule has 0 aliphatic heterocycles. The molecule has 0 bridgehead atoms. The molecule has 1 unspecified atom stereocenters. The average molecular weight is 335 g/mol. The molecule has 3 aromatic rings. The van der Waals surface area contributed by atoms with Crippen molar-refractivity contribution in [1.29, 1.82) is 0 Å². The van der Waals surface area contributed by atoms with E-state index in [0.717, 1.165) is 10.9 Å². The lowest BCUT2D eigenvalue weighted by molar-refractivity contribution is 0.0964. The van der Waals surface area contributed by atoms with Crippen molar-refractivity contribution in [1.82, 2.24) is 15.3 Å². The Morgan fingerprint density at radius 2 is 1.92 bits per heavy atom. The molecular formula is C19H21N5O. The van der Waals surface area contributed by atoms with Crippen molar-refractivity contribution in [3.8, 4) is 0 Å². The number of hydrogen-bond acceptors (Lipinski definition) is 5. The maximum Gasteiger partial charge on any atom is 0.253 e. The van der Waals surface area contributed by atoms with E-state index in [1.54, 1.807) is 13.1 Å². The molecule has 4 N–H and O–H groups in total. The van der Waals surface area contributed by atoms with Gasteiger partial charge in [0.15, 0.2) is 0 Å². The molecule has 0 aliphatic carbocycles. The lowest BCUT2D eigenvalue weighted by Gasteiger charge is -2.19. The van der Waals surface area contributed by atoms with Gasteiger partial charge in [-0.15, -0.1) is 0 Å². The van der Waals surface area contributed by atoms with Gasteiger partial charge in [-0.1, -0.05) is 35.9 Å². The van der Waals surface area contributed by atoms with Gasteiger partial charge in [0.2, 0.25) is 0 Å². The molecule has 25 heavy (non-hydrogen) atoms. The summed E-state index contributed by atoms with van der Waals surface area (Å²) in [6.45, 7) is 2.47. The standard InChI is InChI=1S/C19H21N5O/c1-12-6-8-13(9-7-12)16(10-20)24-18-14-4-3-5-15(19(25)21-2)17(14)22-11-23-18/h3-9,11,16H,10,20H2,1-2H3,(H,21,25)(H,22,23,24). The van der Waals surface area contributed by atoms with Crippen LogP contribution in [0.5, 0.6) is 0 Å². The van der Waals surface area contributed by atoms with Crippen molar-refractivity contribution in [2.45, 2.75) is 13.0 Å². The van der Waals surface area contributed by atoms with E-state index in [0.29, 0.717) is 23.4 Å². The minimum atomic E-state index is -0.177. The van der Waals surface area contributed by atoms with Crippen molar-refractivity contribution in [3.63, 3.8) is 0 Å². The molecule has 0 radical (unpaired) electrons. The van der Waals surface area contributed by atoms with E-state index in [9.17, 15) is 4.79 Å². The minimum absolute atomic E-state index is 0.0812. The maximum atomic E-state index is 12.1. The number of nitrogens with two attached hydrogens (primary N) is 1. The van der Waals surface area contributed by atoms with Crippen LogP contribution in [0.25, 0.3) is 10.9 Å². The van der Waals surface area contributed by atoms with Gasteiger partial charge in [0.1, 0.15) is 12.1 Å². The summed E-state index contributed by atoms with van der Waals surface area (Å²) in [6, 6.07) is 13.6. The number of aromatic nitrogens is 2. The van der Waals surface area contributed by atoms with Gasteiger partial charge in [-0.3, -0.25) is 4.79 Å². The van der Waals surface area contributed by atoms with Crippen LogP contribution >= 0.6 is 0 Å². The number of aryl methyl sites for hydroxylation is 1. The van der Waals surface area contributed by atoms with Crippen molar-refractivity contribution >= 4 is 22.6 Å². The highest BCUT2D eigenvalue weighted by molar-refractivity contribution is 6.07. The van der Waals surface area contributed by atoms with Crippen molar-refractivity contribution in [2.75, 3.05) is 18.9 Å². The molecular weight excluding hydrogens is 314 g/mol. The molecule has 3 rings (SSSR count). The fourth-order valence-electron chi connectivity index (χ4n) is 2.76. The summed E-state index contributed by atoms with van der Waals surface area (Å²) in [5.41, 5.74) is 9.38. The number of benzene rings is 2. The molecule has 1 amide bonds. The Morgan fingerprint density at radius 3 is 2.60 bits per heavy atom. The number of nitrogens with zero attached hydrogens (tertiary/aromatic N) is 2. The molecule has 0 saturated heterocycles. The van der Waals surface area contributed by atoms with Gasteiger partial charge in [0.05, 0.1) is 17.1 Å². The van der Waals surface area contributed by atoms with Crippen LogP contribution in [0.4, 0.5) is 5.82 Å². The average Bonchev–Trinajstić information content (AvgIpc) is 2.66. The van der Waals surface area contributed by atoms with E-state index in [1.807, 2.05) is 19.1 Å². The first kappa shape index (κ1) is 16.9. The third-order valence-electron chi connectivity index (χ3n) is 4.16. The summed E-state index contributed by atoms with van der Waals surface area (Å²) in [6.07, 6.45) is 1.46. The first-order valence-electron chi connectivity index (χ1n) is 8.13. The predicted octanol–water partition coefficient (Wildman–Crippen LogP) is 2.41. The van der Waals surface area contributed by atoms with Gasteiger partial charge in [0.25, 0.3) is 5.91 Å². The van der Waals surface area contributed by atoms with Crippen LogP contribution in [-0.2, 0) is 0 Å². The van der Waals surface area contributed by atoms with Crippen molar-refractivity contribution in [3.05, 3.63) is 65.5 Å². The number of carbonyl (C=O) groups excluding carboxylic acids is 1. The Balaban J connectivity index is 2.00. The van der Waals surface area contributed by atoms with E-state index >= 15 is 0 Å². The molecule has 6 nitrogen and oxygen atoms in total. The first-order valence-corrected chi connectivity index (χ1v) is 8.13. The summed E-state index contributed by atoms with van der Waals surface area (Å²) in [5, 5.41) is 6.81. The van der Waals surface area contributed by atoms with Crippen LogP contribution in [0.1, 0.15) is 27.5 Å². The van der Waals surface area contributed by atoms with Gasteiger partial charge in [0, 0.05) is 19.0 Å². The second-order valence-corrected chi connectivity index (χ2v) is 5.85. The van der Waals surface area contributed by atoms with Crippen LogP contribution in [0, 0.1) is 6.92 Å². The van der Waals surface area contributed by atoms with Crippen LogP contribution in [0.3, 0.4) is 0 Å². The number of nitrogens with one attached hydrogen (secondary N) is 2. The zero-order valence-corrected chi connectivity index (χ0v) is 14.3. The van der Waals surface area contributed by atoms with Gasteiger partial charge < -0.3 is 16.4 Å². The van der Waals surface area contributed by atoms with Crippen molar-refractivity contribution < 1.29 is 4.79 Å². The normalized spacial score (nSPS) is 12.0. The van der Waals surface area contributed by atoms with Gasteiger partial charge in [-0.2, -0.15) is 0 Å². The Bertz CT molecular complexity index is 892. The van der Waals surface area contributed by atoms with Crippen molar-refractivity contribution in [2.24, 2.45) is 5.73 Å². The molecule has 6 heteroatoms. The SMILES string of the molecule is CNC(=O)c1cccc2c(NC(CN)c3ccc(C)cc3)ncnc12. The van der Waals surface area contributed by atoms with Crippen LogP contribution in [-0.4, -0.2) is 29.5 Å². The third-order valence-corrected chi connectivity index (χ3v) is 4.16. The van der Waals surface area contributed by atoms with Gasteiger partial charge in [-0.05, 0) is 24.6 Å². The minimum Gasteiger partial charge on any atom is -0.361 e. The number of para-hydroxylation sites is 1. The van der Waals surface area contributed by atoms with Gasteiger partial charge in [-0.25, -0.2) is 9.97 Å². The smallest absolute Gasteiger partial charge is 0.253 e. The van der Waals surface area contributed by atoms with E-state index in [4.69, 9.17) is 5.73 Å². The fourth-order valence-corrected chi connectivity index (χ4v) is 2.76. The lowest BCUT2D eigenvalue weighted by atomic mass is 10.0. The second kappa shape index (κ2) is 7.27. The van der Waals surface area contributed by atoms with E-state index in [2.05, 4.69) is 44.9 Å². The number of carbonyl (C=O) groups is 1. The molecule has 0 spiro atoms. The first-order chi connectivity index (χ1) is 12.1. The molecule has 0 saturated carbocycles. The van der Waals surface area contributed by atoms with E-state index < -0.39 is 0 Å². The summed E-state index contributed by atoms with van der Waals surface area (Å²) >= 11 is 0. The molecule has 2 aromatic carbocycles.